The van der Waals surface area contributed by atoms with Gasteiger partial charge in [-0.1, -0.05) is 16.8 Å². The van der Waals surface area contributed by atoms with Gasteiger partial charge in [-0.2, -0.15) is 0 Å². The number of halogens is 1. The summed E-state index contributed by atoms with van der Waals surface area (Å²) in [6, 6.07) is 5.30. The van der Waals surface area contributed by atoms with E-state index in [0.717, 1.165) is 18.7 Å². The van der Waals surface area contributed by atoms with Gasteiger partial charge in [0.05, 0.1) is 0 Å². The van der Waals surface area contributed by atoms with Crippen molar-refractivity contribution < 1.29 is 9.94 Å². The highest BCUT2D eigenvalue weighted by molar-refractivity contribution is 6.31. The summed E-state index contributed by atoms with van der Waals surface area (Å²) in [7, 11) is 3.61. The molecule has 5 nitrogen and oxygen atoms in total. The lowest BCUT2D eigenvalue weighted by Crippen LogP contribution is -2.24. The summed E-state index contributed by atoms with van der Waals surface area (Å²) in [5, 5.41) is 12.4. The van der Waals surface area contributed by atoms with Gasteiger partial charge in [0.2, 0.25) is 0 Å². The summed E-state index contributed by atoms with van der Waals surface area (Å²) in [5.74, 6) is 0.0473. The summed E-state index contributed by atoms with van der Waals surface area (Å²) in [5.41, 5.74) is 7.13. The smallest absolute Gasteiger partial charge is 0.172 e. The van der Waals surface area contributed by atoms with Gasteiger partial charge in [-0.25, -0.2) is 0 Å². The zero-order chi connectivity index (χ0) is 13.5. The highest BCUT2D eigenvalue weighted by atomic mass is 35.5. The molecule has 0 aliphatic heterocycles. The van der Waals surface area contributed by atoms with Crippen molar-refractivity contribution in [1.82, 2.24) is 0 Å². The molecule has 0 aliphatic rings. The standard InChI is InChI=1S/C12H18ClN3O2/c1-16(6-3-7-18-2)11-5-4-9(13)8-10(11)12(14)15-17/h4-5,8,17H,3,6-7H2,1-2H3,(H2,14,15). The number of rotatable bonds is 6. The first-order chi connectivity index (χ1) is 8.60. The maximum Gasteiger partial charge on any atom is 0.172 e. The van der Waals surface area contributed by atoms with Crippen LogP contribution in [0.15, 0.2) is 23.4 Å². The van der Waals surface area contributed by atoms with E-state index < -0.39 is 0 Å². The molecule has 0 bridgehead atoms. The van der Waals surface area contributed by atoms with Crippen LogP contribution in [0.3, 0.4) is 0 Å². The second kappa shape index (κ2) is 7.08. The highest BCUT2D eigenvalue weighted by Gasteiger charge is 2.11. The van der Waals surface area contributed by atoms with Crippen LogP contribution in [0.1, 0.15) is 12.0 Å². The van der Waals surface area contributed by atoms with E-state index in [1.165, 1.54) is 0 Å². The van der Waals surface area contributed by atoms with Crippen LogP contribution in [0, 0.1) is 0 Å². The predicted octanol–water partition coefficient (Wildman–Crippen LogP) is 1.91. The van der Waals surface area contributed by atoms with Gasteiger partial charge in [0.25, 0.3) is 0 Å². The minimum Gasteiger partial charge on any atom is -0.409 e. The van der Waals surface area contributed by atoms with Crippen molar-refractivity contribution in [2.24, 2.45) is 10.9 Å². The lowest BCUT2D eigenvalue weighted by molar-refractivity contribution is 0.196. The van der Waals surface area contributed by atoms with Crippen molar-refractivity contribution in [2.45, 2.75) is 6.42 Å². The summed E-state index contributed by atoms with van der Waals surface area (Å²) < 4.78 is 5.01. The number of benzene rings is 1. The van der Waals surface area contributed by atoms with E-state index in [1.54, 1.807) is 19.2 Å². The second-order valence-electron chi connectivity index (χ2n) is 3.91. The van der Waals surface area contributed by atoms with Crippen LogP contribution in [-0.4, -0.2) is 38.4 Å². The van der Waals surface area contributed by atoms with Gasteiger partial charge in [-0.15, -0.1) is 0 Å². The van der Waals surface area contributed by atoms with Gasteiger partial charge < -0.3 is 20.6 Å². The third-order valence-electron chi connectivity index (χ3n) is 2.60. The van der Waals surface area contributed by atoms with E-state index in [1.807, 2.05) is 18.0 Å². The molecular weight excluding hydrogens is 254 g/mol. The molecule has 1 aromatic carbocycles. The maximum atomic E-state index is 8.78. The number of hydrogen-bond acceptors (Lipinski definition) is 4. The van der Waals surface area contributed by atoms with Crippen LogP contribution in [0.5, 0.6) is 0 Å². The predicted molar refractivity (Wildman–Crippen MR) is 73.7 cm³/mol. The minimum absolute atomic E-state index is 0.0473. The number of hydrogen-bond donors (Lipinski definition) is 2. The van der Waals surface area contributed by atoms with Gasteiger partial charge in [0.15, 0.2) is 5.84 Å². The summed E-state index contributed by atoms with van der Waals surface area (Å²) in [4.78, 5) is 2.02. The third kappa shape index (κ3) is 3.78. The Hall–Kier alpha value is -1.46. The Balaban J connectivity index is 2.93. The Morgan fingerprint density at radius 2 is 2.28 bits per heavy atom. The van der Waals surface area contributed by atoms with Crippen LogP contribution in [-0.2, 0) is 4.74 Å². The Kier molecular flexibility index (Phi) is 5.74. The first-order valence-corrected chi connectivity index (χ1v) is 5.95. The van der Waals surface area contributed by atoms with Crippen molar-refractivity contribution in [3.63, 3.8) is 0 Å². The second-order valence-corrected chi connectivity index (χ2v) is 4.35. The number of anilines is 1. The fourth-order valence-corrected chi connectivity index (χ4v) is 1.84. The van der Waals surface area contributed by atoms with Crippen LogP contribution in [0.25, 0.3) is 0 Å². The average Bonchev–Trinajstić information content (AvgIpc) is 2.37. The molecule has 0 unspecified atom stereocenters. The van der Waals surface area contributed by atoms with Crippen molar-refractivity contribution in [2.75, 3.05) is 32.2 Å². The van der Waals surface area contributed by atoms with Gasteiger partial charge in [-0.3, -0.25) is 0 Å². The molecule has 0 saturated heterocycles. The molecule has 0 heterocycles. The molecule has 3 N–H and O–H groups in total. The molecule has 0 spiro atoms. The van der Waals surface area contributed by atoms with E-state index in [4.69, 9.17) is 27.3 Å². The zero-order valence-electron chi connectivity index (χ0n) is 10.6. The molecular formula is C12H18ClN3O2. The Bertz CT molecular complexity index is 424. The number of nitrogens with two attached hydrogens (primary N) is 1. The van der Waals surface area contributed by atoms with E-state index in [0.29, 0.717) is 17.2 Å². The van der Waals surface area contributed by atoms with E-state index in [9.17, 15) is 0 Å². The topological polar surface area (TPSA) is 71.1 Å². The van der Waals surface area contributed by atoms with Gasteiger partial charge in [0.1, 0.15) is 0 Å². The SMILES string of the molecule is COCCCN(C)c1ccc(Cl)cc1C(N)=NO. The Labute approximate surface area is 112 Å². The van der Waals surface area contributed by atoms with Crippen molar-refractivity contribution >= 4 is 23.1 Å². The normalized spacial score (nSPS) is 11.6. The quantitative estimate of drug-likeness (QED) is 0.273. The molecule has 18 heavy (non-hydrogen) atoms. The average molecular weight is 272 g/mol. The fourth-order valence-electron chi connectivity index (χ4n) is 1.67. The Morgan fingerprint density at radius 3 is 2.89 bits per heavy atom. The fraction of sp³-hybridized carbons (Fsp3) is 0.417. The summed E-state index contributed by atoms with van der Waals surface area (Å²) in [6.07, 6.45) is 0.894. The van der Waals surface area contributed by atoms with Crippen LogP contribution in [0.2, 0.25) is 5.02 Å². The number of ether oxygens (including phenoxy) is 1. The summed E-state index contributed by atoms with van der Waals surface area (Å²) in [6.45, 7) is 1.50. The van der Waals surface area contributed by atoms with Crippen LogP contribution in [0.4, 0.5) is 5.69 Å². The van der Waals surface area contributed by atoms with Gasteiger partial charge in [0, 0.05) is 43.6 Å². The third-order valence-corrected chi connectivity index (χ3v) is 2.83. The van der Waals surface area contributed by atoms with Gasteiger partial charge >= 0.3 is 0 Å². The lowest BCUT2D eigenvalue weighted by atomic mass is 10.1. The lowest BCUT2D eigenvalue weighted by Gasteiger charge is -2.22. The van der Waals surface area contributed by atoms with Crippen molar-refractivity contribution in [1.29, 1.82) is 0 Å². The maximum absolute atomic E-state index is 8.78. The van der Waals surface area contributed by atoms with Crippen LogP contribution >= 0.6 is 11.6 Å². The first-order valence-electron chi connectivity index (χ1n) is 5.57. The number of amidine groups is 1. The number of methoxy groups -OCH3 is 1. The molecule has 0 amide bonds. The molecule has 0 atom stereocenters. The largest absolute Gasteiger partial charge is 0.409 e. The molecule has 1 rings (SSSR count). The van der Waals surface area contributed by atoms with Crippen molar-refractivity contribution in [3.8, 4) is 0 Å². The molecule has 1 aromatic rings. The zero-order valence-corrected chi connectivity index (χ0v) is 11.3. The van der Waals surface area contributed by atoms with Crippen LogP contribution < -0.4 is 10.6 Å². The minimum atomic E-state index is 0.0473. The molecule has 0 aromatic heterocycles. The monoisotopic (exact) mass is 271 g/mol. The molecule has 0 saturated carbocycles. The number of nitrogens with zero attached hydrogens (tertiary/aromatic N) is 2. The molecule has 100 valence electrons. The number of oxime groups is 1. The van der Waals surface area contributed by atoms with Gasteiger partial charge in [-0.05, 0) is 24.6 Å². The summed E-state index contributed by atoms with van der Waals surface area (Å²) >= 11 is 5.92. The molecule has 6 heteroatoms. The van der Waals surface area contributed by atoms with E-state index in [2.05, 4.69) is 5.16 Å². The molecule has 0 radical (unpaired) electrons. The molecule has 0 fully saturated rings. The molecule has 0 aliphatic carbocycles. The Morgan fingerprint density at radius 1 is 1.56 bits per heavy atom. The van der Waals surface area contributed by atoms with E-state index >= 15 is 0 Å². The first kappa shape index (κ1) is 14.6. The van der Waals surface area contributed by atoms with E-state index in [-0.39, 0.29) is 5.84 Å². The van der Waals surface area contributed by atoms with Crippen molar-refractivity contribution in [3.05, 3.63) is 28.8 Å². The highest BCUT2D eigenvalue weighted by Crippen LogP contribution is 2.23.